The van der Waals surface area contributed by atoms with Crippen LogP contribution in [0.3, 0.4) is 0 Å². The van der Waals surface area contributed by atoms with Gasteiger partial charge in [-0.1, -0.05) is 37.2 Å². The van der Waals surface area contributed by atoms with Crippen molar-refractivity contribution in [1.82, 2.24) is 14.9 Å². The average Bonchev–Trinajstić information content (AvgIpc) is 2.98. The molecule has 0 aliphatic carbocycles. The third-order valence-electron chi connectivity index (χ3n) is 8.33. The van der Waals surface area contributed by atoms with Crippen LogP contribution in [-0.2, 0) is 6.42 Å². The average molecular weight is 704 g/mol. The van der Waals surface area contributed by atoms with E-state index in [0.29, 0.717) is 36.2 Å². The van der Waals surface area contributed by atoms with Gasteiger partial charge in [-0.15, -0.1) is 0 Å². The van der Waals surface area contributed by atoms with Gasteiger partial charge in [0.25, 0.3) is 0 Å². The molecule has 3 heterocycles. The lowest BCUT2D eigenvalue weighted by atomic mass is 9.92. The van der Waals surface area contributed by atoms with Crippen LogP contribution in [0, 0.1) is 3.57 Å². The molecule has 0 atom stereocenters. The fourth-order valence-electron chi connectivity index (χ4n) is 5.79. The minimum Gasteiger partial charge on any atom is -0.377 e. The third-order valence-corrected chi connectivity index (χ3v) is 9.61. The van der Waals surface area contributed by atoms with Gasteiger partial charge in [0, 0.05) is 93.4 Å². The zero-order valence-corrected chi connectivity index (χ0v) is 27.6. The second-order valence-electron chi connectivity index (χ2n) is 11.4. The Morgan fingerprint density at radius 2 is 1.81 bits per heavy atom. The summed E-state index contributed by atoms with van der Waals surface area (Å²) in [5.41, 5.74) is 4.39. The Kier molecular flexibility index (Phi) is 9.79. The third kappa shape index (κ3) is 7.11. The van der Waals surface area contributed by atoms with E-state index in [1.165, 1.54) is 14.8 Å². The summed E-state index contributed by atoms with van der Waals surface area (Å²) in [5, 5.41) is 3.80. The number of hydrogen-bond donors (Lipinski definition) is 1. The van der Waals surface area contributed by atoms with Crippen LogP contribution in [0.25, 0.3) is 6.08 Å². The molecule has 7 nitrogen and oxygen atoms in total. The molecule has 5 rings (SSSR count). The predicted octanol–water partition coefficient (Wildman–Crippen LogP) is 6.88. The maximum Gasteiger partial charge on any atom is 0.227 e. The Labute approximate surface area is 267 Å². The van der Waals surface area contributed by atoms with Gasteiger partial charge in [-0.05, 0) is 70.5 Å². The van der Waals surface area contributed by atoms with Gasteiger partial charge < -0.3 is 20.0 Å². The number of rotatable bonds is 9. The van der Waals surface area contributed by atoms with E-state index < -0.39 is 5.67 Å². The van der Waals surface area contributed by atoms with Crippen LogP contribution in [0.4, 0.5) is 33.2 Å². The maximum absolute atomic E-state index is 16.0. The topological polar surface area (TPSA) is 50.8 Å². The number of piperazine rings is 1. The maximum atomic E-state index is 16.0. The molecular formula is C32H40ClFIN7. The summed E-state index contributed by atoms with van der Waals surface area (Å²) in [6.45, 7) is 11.1. The van der Waals surface area contributed by atoms with Crippen molar-refractivity contribution < 1.29 is 4.39 Å². The molecule has 10 heteroatoms. The van der Waals surface area contributed by atoms with E-state index in [2.05, 4.69) is 84.2 Å². The monoisotopic (exact) mass is 703 g/mol. The molecule has 0 amide bonds. The first-order chi connectivity index (χ1) is 20.2. The van der Waals surface area contributed by atoms with Gasteiger partial charge in [-0.2, -0.15) is 4.98 Å². The molecule has 0 unspecified atom stereocenters. The molecule has 0 saturated carbocycles. The highest BCUT2D eigenvalue weighted by Crippen LogP contribution is 2.33. The molecular weight excluding hydrogens is 664 g/mol. The van der Waals surface area contributed by atoms with Crippen molar-refractivity contribution in [1.29, 1.82) is 0 Å². The van der Waals surface area contributed by atoms with Crippen LogP contribution in [0.15, 0.2) is 49.2 Å². The van der Waals surface area contributed by atoms with Crippen molar-refractivity contribution >= 4 is 69.1 Å². The largest absolute Gasteiger partial charge is 0.377 e. The van der Waals surface area contributed by atoms with E-state index in [0.717, 1.165) is 62.6 Å². The van der Waals surface area contributed by atoms with E-state index in [9.17, 15) is 0 Å². The standard InChI is InChI=1S/C32H40ClFIN7/c1-5-23-7-9-26(20-28(23)35)41-13-11-32(34,12-14-41)22-40-15-17-42(18-16-40)31-36-21-27(33)30(38-31)37-25-8-10-29(39(3)4)24(6-2)19-25/h6-10,19-21H,2,5,11-18,22H2,1,3-4H3,(H,36,37,38). The Hall–Kier alpha value is -2.63. The lowest BCUT2D eigenvalue weighted by molar-refractivity contribution is 0.0648. The number of nitrogens with zero attached hydrogens (tertiary/aromatic N) is 6. The van der Waals surface area contributed by atoms with Crippen LogP contribution >= 0.6 is 34.2 Å². The first-order valence-corrected chi connectivity index (χ1v) is 16.1. The summed E-state index contributed by atoms with van der Waals surface area (Å²) >= 11 is 8.88. The Bertz CT molecular complexity index is 1400. The molecule has 0 spiro atoms. The Morgan fingerprint density at radius 1 is 1.07 bits per heavy atom. The number of alkyl halides is 1. The van der Waals surface area contributed by atoms with Crippen molar-refractivity contribution in [2.45, 2.75) is 31.9 Å². The molecule has 2 saturated heterocycles. The van der Waals surface area contributed by atoms with E-state index in [4.69, 9.17) is 16.6 Å². The number of nitrogens with one attached hydrogen (secondary N) is 1. The van der Waals surface area contributed by atoms with Gasteiger partial charge in [-0.3, -0.25) is 4.90 Å². The van der Waals surface area contributed by atoms with E-state index in [1.54, 1.807) is 6.20 Å². The summed E-state index contributed by atoms with van der Waals surface area (Å²) in [6, 6.07) is 12.7. The summed E-state index contributed by atoms with van der Waals surface area (Å²) in [4.78, 5) is 18.0. The minimum absolute atomic E-state index is 0.455. The number of piperidine rings is 1. The predicted molar refractivity (Wildman–Crippen MR) is 184 cm³/mol. The van der Waals surface area contributed by atoms with Gasteiger partial charge in [0.1, 0.15) is 10.7 Å². The molecule has 224 valence electrons. The molecule has 1 N–H and O–H groups in total. The minimum atomic E-state index is -1.16. The van der Waals surface area contributed by atoms with Crippen LogP contribution in [0.2, 0.25) is 5.02 Å². The van der Waals surface area contributed by atoms with E-state index in [1.807, 2.05) is 38.4 Å². The van der Waals surface area contributed by atoms with Crippen molar-refractivity contribution in [2.24, 2.45) is 0 Å². The molecule has 0 bridgehead atoms. The highest BCUT2D eigenvalue weighted by atomic mass is 127. The Morgan fingerprint density at radius 3 is 2.45 bits per heavy atom. The first kappa shape index (κ1) is 30.8. The molecule has 1 aromatic heterocycles. The zero-order chi connectivity index (χ0) is 29.9. The van der Waals surface area contributed by atoms with Crippen molar-refractivity contribution in [3.8, 4) is 0 Å². The summed E-state index contributed by atoms with van der Waals surface area (Å²) < 4.78 is 17.2. The van der Waals surface area contributed by atoms with Gasteiger partial charge in [0.05, 0.1) is 6.20 Å². The molecule has 2 aromatic carbocycles. The lowest BCUT2D eigenvalue weighted by Gasteiger charge is -2.42. The molecule has 3 aromatic rings. The lowest BCUT2D eigenvalue weighted by Crippen LogP contribution is -2.54. The zero-order valence-electron chi connectivity index (χ0n) is 24.7. The molecule has 2 fully saturated rings. The number of hydrogen-bond acceptors (Lipinski definition) is 7. The van der Waals surface area contributed by atoms with E-state index in [-0.39, 0.29) is 0 Å². The second-order valence-corrected chi connectivity index (χ2v) is 13.0. The van der Waals surface area contributed by atoms with Crippen LogP contribution in [-0.4, -0.2) is 80.4 Å². The van der Waals surface area contributed by atoms with Gasteiger partial charge in [0.2, 0.25) is 5.95 Å². The van der Waals surface area contributed by atoms with Crippen molar-refractivity contribution in [3.63, 3.8) is 0 Å². The molecule has 2 aliphatic rings. The fraction of sp³-hybridized carbons (Fsp3) is 0.438. The molecule has 42 heavy (non-hydrogen) atoms. The number of anilines is 5. The second kappa shape index (κ2) is 13.3. The van der Waals surface area contributed by atoms with E-state index >= 15 is 4.39 Å². The number of aromatic nitrogens is 2. The van der Waals surface area contributed by atoms with Gasteiger partial charge in [-0.25, -0.2) is 9.37 Å². The van der Waals surface area contributed by atoms with Crippen molar-refractivity contribution in [3.05, 3.63) is 68.9 Å². The summed E-state index contributed by atoms with van der Waals surface area (Å²) in [6.07, 6.45) is 5.62. The quantitative estimate of drug-likeness (QED) is 0.244. The van der Waals surface area contributed by atoms with Crippen LogP contribution in [0.1, 0.15) is 30.9 Å². The smallest absolute Gasteiger partial charge is 0.227 e. The number of benzene rings is 2. The summed E-state index contributed by atoms with van der Waals surface area (Å²) in [7, 11) is 4.01. The molecule has 2 aliphatic heterocycles. The van der Waals surface area contributed by atoms with Gasteiger partial charge in [0.15, 0.2) is 5.82 Å². The van der Waals surface area contributed by atoms with Crippen molar-refractivity contribution in [2.75, 3.05) is 79.9 Å². The first-order valence-electron chi connectivity index (χ1n) is 14.6. The number of halogens is 3. The highest BCUT2D eigenvalue weighted by Gasteiger charge is 2.37. The SMILES string of the molecule is C=Cc1cc(Nc2nc(N3CCN(CC4(F)CCN(c5ccc(CC)c(I)c5)CC4)CC3)ncc2Cl)ccc1N(C)C. The Balaban J connectivity index is 1.16. The van der Waals surface area contributed by atoms with Crippen LogP contribution in [0.5, 0.6) is 0 Å². The molecule has 0 radical (unpaired) electrons. The summed E-state index contributed by atoms with van der Waals surface area (Å²) in [5.74, 6) is 1.19. The normalized spacial score (nSPS) is 17.3. The highest BCUT2D eigenvalue weighted by molar-refractivity contribution is 14.1. The fourth-order valence-corrected chi connectivity index (χ4v) is 6.81. The van der Waals surface area contributed by atoms with Gasteiger partial charge >= 0.3 is 0 Å². The van der Waals surface area contributed by atoms with Crippen LogP contribution < -0.4 is 20.0 Å². The number of aryl methyl sites for hydroxylation is 1.